The molecule has 2 aromatic carbocycles. The number of ether oxygens (including phenoxy) is 1. The molecule has 7 heteroatoms. The molecule has 1 aliphatic heterocycles. The quantitative estimate of drug-likeness (QED) is 0.895. The van der Waals surface area contributed by atoms with Crippen LogP contribution in [-0.4, -0.2) is 20.9 Å². The topological polar surface area (TPSA) is 84.5 Å². The highest BCUT2D eigenvalue weighted by molar-refractivity contribution is 7.92. The van der Waals surface area contributed by atoms with E-state index < -0.39 is 10.0 Å². The maximum absolute atomic E-state index is 12.6. The van der Waals surface area contributed by atoms with Gasteiger partial charge in [-0.2, -0.15) is 0 Å². The summed E-state index contributed by atoms with van der Waals surface area (Å²) in [5.74, 6) is 0.360. The molecule has 24 heavy (non-hydrogen) atoms. The fourth-order valence-electron chi connectivity index (χ4n) is 2.59. The first-order valence-electron chi connectivity index (χ1n) is 7.52. The summed E-state index contributed by atoms with van der Waals surface area (Å²) in [6.07, 6.45) is 0.262. The van der Waals surface area contributed by atoms with Crippen LogP contribution < -0.4 is 14.8 Å². The summed E-state index contributed by atoms with van der Waals surface area (Å²) in [7, 11) is -3.71. The fourth-order valence-corrected chi connectivity index (χ4v) is 3.87. The van der Waals surface area contributed by atoms with Crippen LogP contribution in [0.3, 0.4) is 0 Å². The van der Waals surface area contributed by atoms with E-state index in [1.165, 1.54) is 0 Å². The van der Waals surface area contributed by atoms with Crippen molar-refractivity contribution >= 4 is 27.3 Å². The molecule has 1 amide bonds. The van der Waals surface area contributed by atoms with Gasteiger partial charge in [0, 0.05) is 0 Å². The Hall–Kier alpha value is -2.54. The van der Waals surface area contributed by atoms with E-state index in [1.807, 2.05) is 13.0 Å². The molecule has 0 fully saturated rings. The zero-order valence-electron chi connectivity index (χ0n) is 13.4. The number of anilines is 2. The summed E-state index contributed by atoms with van der Waals surface area (Å²) < 4.78 is 33.2. The second-order valence-electron chi connectivity index (χ2n) is 5.73. The molecular formula is C17H18N2O4S. The fraction of sp³-hybridized carbons (Fsp3) is 0.235. The Bertz CT molecular complexity index is 907. The van der Waals surface area contributed by atoms with E-state index in [4.69, 9.17) is 4.74 Å². The average Bonchev–Trinajstić information content (AvgIpc) is 2.66. The number of aryl methyl sites for hydroxylation is 2. The molecule has 1 heterocycles. The Labute approximate surface area is 140 Å². The number of fused-ring (bicyclic) bond motifs is 1. The predicted octanol–water partition coefficient (Wildman–Crippen LogP) is 2.83. The zero-order chi connectivity index (χ0) is 17.3. The molecule has 0 unspecified atom stereocenters. The molecular weight excluding hydrogens is 328 g/mol. The van der Waals surface area contributed by atoms with Gasteiger partial charge < -0.3 is 10.1 Å². The van der Waals surface area contributed by atoms with Crippen molar-refractivity contribution in [2.45, 2.75) is 25.2 Å². The lowest BCUT2D eigenvalue weighted by molar-refractivity contribution is -0.116. The third kappa shape index (κ3) is 3.35. The summed E-state index contributed by atoms with van der Waals surface area (Å²) in [4.78, 5) is 11.8. The summed E-state index contributed by atoms with van der Waals surface area (Å²) in [6, 6.07) is 9.96. The number of carbonyl (C=O) groups excluding carboxylic acids is 1. The maximum atomic E-state index is 12.6. The number of amides is 1. The van der Waals surface area contributed by atoms with E-state index in [2.05, 4.69) is 10.0 Å². The third-order valence-electron chi connectivity index (χ3n) is 3.71. The van der Waals surface area contributed by atoms with Crippen LogP contribution in [0.1, 0.15) is 17.5 Å². The molecule has 0 aromatic heterocycles. The second-order valence-corrected chi connectivity index (χ2v) is 7.38. The minimum Gasteiger partial charge on any atom is -0.491 e. The number of sulfonamides is 1. The van der Waals surface area contributed by atoms with Gasteiger partial charge >= 0.3 is 0 Å². The maximum Gasteiger partial charge on any atom is 0.262 e. The predicted molar refractivity (Wildman–Crippen MR) is 91.9 cm³/mol. The number of hydrogen-bond donors (Lipinski definition) is 2. The van der Waals surface area contributed by atoms with Crippen LogP contribution in [0.15, 0.2) is 41.3 Å². The van der Waals surface area contributed by atoms with Crippen molar-refractivity contribution in [3.63, 3.8) is 0 Å². The Morgan fingerprint density at radius 1 is 1.12 bits per heavy atom. The van der Waals surface area contributed by atoms with Crippen LogP contribution in [0.2, 0.25) is 0 Å². The molecule has 0 aliphatic carbocycles. The monoisotopic (exact) mass is 346 g/mol. The molecule has 0 radical (unpaired) electrons. The Kier molecular flexibility index (Phi) is 4.19. The van der Waals surface area contributed by atoms with Gasteiger partial charge in [-0.25, -0.2) is 8.42 Å². The van der Waals surface area contributed by atoms with Gasteiger partial charge in [0.25, 0.3) is 10.0 Å². The van der Waals surface area contributed by atoms with Crippen LogP contribution in [0, 0.1) is 13.8 Å². The molecule has 1 aliphatic rings. The largest absolute Gasteiger partial charge is 0.491 e. The van der Waals surface area contributed by atoms with Gasteiger partial charge in [-0.1, -0.05) is 17.7 Å². The van der Waals surface area contributed by atoms with Crippen molar-refractivity contribution in [2.75, 3.05) is 16.6 Å². The standard InChI is InChI=1S/C17H18N2O4S/c1-11-3-6-16(12(2)9-11)24(21,22)19-13-4-5-15-14(10-13)18-17(20)7-8-23-15/h3-6,9-10,19H,7-8H2,1-2H3,(H,18,20). The number of nitrogens with one attached hydrogen (secondary N) is 2. The molecule has 6 nitrogen and oxygen atoms in total. The van der Waals surface area contributed by atoms with E-state index in [1.54, 1.807) is 37.3 Å². The molecule has 0 saturated heterocycles. The Morgan fingerprint density at radius 2 is 1.92 bits per heavy atom. The summed E-state index contributed by atoms with van der Waals surface area (Å²) in [5, 5.41) is 2.71. The molecule has 0 atom stereocenters. The summed E-state index contributed by atoms with van der Waals surface area (Å²) in [6.45, 7) is 3.96. The summed E-state index contributed by atoms with van der Waals surface area (Å²) in [5.41, 5.74) is 2.49. The number of hydrogen-bond acceptors (Lipinski definition) is 4. The molecule has 2 N–H and O–H groups in total. The van der Waals surface area contributed by atoms with Crippen LogP contribution >= 0.6 is 0 Å². The van der Waals surface area contributed by atoms with Gasteiger partial charge in [-0.05, 0) is 43.7 Å². The normalized spacial score (nSPS) is 14.2. The molecule has 3 rings (SSSR count). The Morgan fingerprint density at radius 3 is 2.67 bits per heavy atom. The van der Waals surface area contributed by atoms with Gasteiger partial charge in [0.15, 0.2) is 0 Å². The lowest BCUT2D eigenvalue weighted by Crippen LogP contribution is -2.15. The van der Waals surface area contributed by atoms with E-state index in [9.17, 15) is 13.2 Å². The minimum atomic E-state index is -3.71. The lowest BCUT2D eigenvalue weighted by atomic mass is 10.2. The smallest absolute Gasteiger partial charge is 0.262 e. The van der Waals surface area contributed by atoms with Crippen LogP contribution in [0.4, 0.5) is 11.4 Å². The molecule has 0 saturated carbocycles. The van der Waals surface area contributed by atoms with Crippen LogP contribution in [0.25, 0.3) is 0 Å². The van der Waals surface area contributed by atoms with Crippen molar-refractivity contribution in [2.24, 2.45) is 0 Å². The summed E-state index contributed by atoms with van der Waals surface area (Å²) >= 11 is 0. The SMILES string of the molecule is Cc1ccc(S(=O)(=O)Nc2ccc3c(c2)NC(=O)CCO3)c(C)c1. The second kappa shape index (κ2) is 6.16. The number of rotatable bonds is 3. The number of benzene rings is 2. The first kappa shape index (κ1) is 16.3. The molecule has 126 valence electrons. The van der Waals surface area contributed by atoms with E-state index >= 15 is 0 Å². The molecule has 2 aromatic rings. The van der Waals surface area contributed by atoms with E-state index in [0.717, 1.165) is 5.56 Å². The molecule has 0 spiro atoms. The lowest BCUT2D eigenvalue weighted by Gasteiger charge is -2.13. The Balaban J connectivity index is 1.92. The van der Waals surface area contributed by atoms with E-state index in [-0.39, 0.29) is 17.2 Å². The minimum absolute atomic E-state index is 0.164. The highest BCUT2D eigenvalue weighted by atomic mass is 32.2. The van der Waals surface area contributed by atoms with Crippen molar-refractivity contribution in [3.8, 4) is 5.75 Å². The first-order chi connectivity index (χ1) is 11.3. The van der Waals surface area contributed by atoms with Gasteiger partial charge in [0.1, 0.15) is 5.75 Å². The highest BCUT2D eigenvalue weighted by Crippen LogP contribution is 2.31. The first-order valence-corrected chi connectivity index (χ1v) is 9.00. The average molecular weight is 346 g/mol. The van der Waals surface area contributed by atoms with Gasteiger partial charge in [0.05, 0.1) is 29.3 Å². The van der Waals surface area contributed by atoms with Crippen molar-refractivity contribution in [3.05, 3.63) is 47.5 Å². The van der Waals surface area contributed by atoms with Crippen LogP contribution in [0.5, 0.6) is 5.75 Å². The highest BCUT2D eigenvalue weighted by Gasteiger charge is 2.19. The van der Waals surface area contributed by atoms with E-state index in [0.29, 0.717) is 29.3 Å². The van der Waals surface area contributed by atoms with Crippen molar-refractivity contribution in [1.29, 1.82) is 0 Å². The molecule has 0 bridgehead atoms. The van der Waals surface area contributed by atoms with Crippen molar-refractivity contribution in [1.82, 2.24) is 0 Å². The third-order valence-corrected chi connectivity index (χ3v) is 5.25. The zero-order valence-corrected chi connectivity index (χ0v) is 14.2. The van der Waals surface area contributed by atoms with Crippen molar-refractivity contribution < 1.29 is 17.9 Å². The van der Waals surface area contributed by atoms with Crippen LogP contribution in [-0.2, 0) is 14.8 Å². The number of carbonyl (C=O) groups is 1. The van der Waals surface area contributed by atoms with Gasteiger partial charge in [0.2, 0.25) is 5.91 Å². The van der Waals surface area contributed by atoms with Gasteiger partial charge in [-0.15, -0.1) is 0 Å². The van der Waals surface area contributed by atoms with Gasteiger partial charge in [-0.3, -0.25) is 9.52 Å².